The number of aliphatic hydroxyl groups is 1. The topological polar surface area (TPSA) is 78.9 Å². The number of Topliss-reactive ketones (excluding diaryl/α,β-unsaturated/α-hetero) is 1. The van der Waals surface area contributed by atoms with Gasteiger partial charge in [-0.05, 0) is 64.2 Å². The molecule has 0 spiro atoms. The summed E-state index contributed by atoms with van der Waals surface area (Å²) < 4.78 is 5.11. The van der Waals surface area contributed by atoms with Gasteiger partial charge < -0.3 is 20.1 Å². The Balaban J connectivity index is 2.09. The van der Waals surface area contributed by atoms with Gasteiger partial charge in [0.2, 0.25) is 5.91 Å². The van der Waals surface area contributed by atoms with Crippen LogP contribution >= 0.6 is 0 Å². The van der Waals surface area contributed by atoms with Crippen molar-refractivity contribution in [3.8, 4) is 5.75 Å². The van der Waals surface area contributed by atoms with Gasteiger partial charge in [0.25, 0.3) is 0 Å². The number of methoxy groups -OCH3 is 1. The van der Waals surface area contributed by atoms with Crippen LogP contribution in [0.5, 0.6) is 5.75 Å². The first-order valence-corrected chi connectivity index (χ1v) is 9.22. The van der Waals surface area contributed by atoms with Crippen LogP contribution in [0.3, 0.4) is 0 Å². The zero-order chi connectivity index (χ0) is 19.2. The molecule has 2 N–H and O–H groups in total. The number of benzene rings is 1. The molecule has 1 aromatic rings. The summed E-state index contributed by atoms with van der Waals surface area (Å²) in [7, 11) is 5.52. The number of nitrogens with zero attached hydrogens (tertiary/aromatic N) is 1. The Morgan fingerprint density at radius 1 is 1.27 bits per heavy atom. The molecule has 1 aliphatic rings. The highest BCUT2D eigenvalue weighted by molar-refractivity contribution is 6.05. The van der Waals surface area contributed by atoms with Crippen molar-refractivity contribution in [2.24, 2.45) is 5.92 Å². The molecule has 144 valence electrons. The molecule has 1 saturated carbocycles. The van der Waals surface area contributed by atoms with E-state index in [1.165, 1.54) is 0 Å². The average Bonchev–Trinajstić information content (AvgIpc) is 2.64. The highest BCUT2D eigenvalue weighted by Crippen LogP contribution is 2.37. The van der Waals surface area contributed by atoms with Crippen LogP contribution in [0, 0.1) is 5.92 Å². The number of rotatable bonds is 8. The molecule has 6 nitrogen and oxygen atoms in total. The third-order valence-electron chi connectivity index (χ3n) is 5.02. The molecule has 0 saturated heterocycles. The number of ketones is 1. The zero-order valence-corrected chi connectivity index (χ0v) is 16.0. The Morgan fingerprint density at radius 2 is 1.96 bits per heavy atom. The van der Waals surface area contributed by atoms with E-state index in [0.29, 0.717) is 30.7 Å². The van der Waals surface area contributed by atoms with E-state index in [9.17, 15) is 14.7 Å². The van der Waals surface area contributed by atoms with Crippen LogP contribution in [0.2, 0.25) is 0 Å². The van der Waals surface area contributed by atoms with Gasteiger partial charge in [-0.3, -0.25) is 9.59 Å². The molecule has 0 aromatic heterocycles. The number of carbonyl (C=O) groups is 2. The number of hydrogen-bond acceptors (Lipinski definition) is 5. The number of carbonyl (C=O) groups excluding carboxylic acids is 2. The Labute approximate surface area is 155 Å². The molecule has 1 aromatic carbocycles. The standard InChI is InChI=1S/C20H30N2O4/c1-22(2)14-6-13-21-19(24)17-7-4-5-12-20(17,25)18(23)15-8-10-16(26-3)11-9-15/h8-11,17,25H,4-7,12-14H2,1-3H3,(H,21,24). The third kappa shape index (κ3) is 4.83. The minimum absolute atomic E-state index is 0.229. The summed E-state index contributed by atoms with van der Waals surface area (Å²) in [5, 5.41) is 14.0. The van der Waals surface area contributed by atoms with Crippen molar-refractivity contribution in [2.75, 3.05) is 34.3 Å². The van der Waals surface area contributed by atoms with E-state index in [4.69, 9.17) is 4.74 Å². The summed E-state index contributed by atoms with van der Waals surface area (Å²) in [6, 6.07) is 6.66. The highest BCUT2D eigenvalue weighted by Gasteiger charge is 2.48. The van der Waals surface area contributed by atoms with Crippen LogP contribution < -0.4 is 10.1 Å². The molecule has 0 heterocycles. The summed E-state index contributed by atoms with van der Waals surface area (Å²) in [6.07, 6.45) is 3.25. The van der Waals surface area contributed by atoms with Gasteiger partial charge in [-0.25, -0.2) is 0 Å². The van der Waals surface area contributed by atoms with Crippen LogP contribution in [0.25, 0.3) is 0 Å². The summed E-state index contributed by atoms with van der Waals surface area (Å²) in [6.45, 7) is 1.42. The number of nitrogens with one attached hydrogen (secondary N) is 1. The quantitative estimate of drug-likeness (QED) is 0.545. The third-order valence-corrected chi connectivity index (χ3v) is 5.02. The van der Waals surface area contributed by atoms with Crippen LogP contribution in [-0.2, 0) is 4.79 Å². The first kappa shape index (κ1) is 20.4. The smallest absolute Gasteiger partial charge is 0.226 e. The van der Waals surface area contributed by atoms with E-state index in [-0.39, 0.29) is 11.7 Å². The fraction of sp³-hybridized carbons (Fsp3) is 0.600. The first-order chi connectivity index (χ1) is 12.4. The molecule has 2 rings (SSSR count). The summed E-state index contributed by atoms with van der Waals surface area (Å²) in [5.74, 6) is -0.668. The lowest BCUT2D eigenvalue weighted by atomic mass is 9.71. The van der Waals surface area contributed by atoms with Gasteiger partial charge in [-0.2, -0.15) is 0 Å². The molecular formula is C20H30N2O4. The second-order valence-corrected chi connectivity index (χ2v) is 7.23. The van der Waals surface area contributed by atoms with Crippen LogP contribution in [0.4, 0.5) is 0 Å². The zero-order valence-electron chi connectivity index (χ0n) is 16.0. The van der Waals surface area contributed by atoms with Crippen LogP contribution in [-0.4, -0.2) is 61.6 Å². The molecule has 6 heteroatoms. The van der Waals surface area contributed by atoms with Gasteiger partial charge in [-0.15, -0.1) is 0 Å². The Morgan fingerprint density at radius 3 is 2.58 bits per heavy atom. The monoisotopic (exact) mass is 362 g/mol. The fourth-order valence-electron chi connectivity index (χ4n) is 3.50. The summed E-state index contributed by atoms with van der Waals surface area (Å²) >= 11 is 0. The predicted octanol–water partition coefficient (Wildman–Crippen LogP) is 1.87. The van der Waals surface area contributed by atoms with Crippen molar-refractivity contribution >= 4 is 11.7 Å². The minimum Gasteiger partial charge on any atom is -0.497 e. The van der Waals surface area contributed by atoms with E-state index < -0.39 is 11.5 Å². The van der Waals surface area contributed by atoms with E-state index in [0.717, 1.165) is 25.8 Å². The maximum absolute atomic E-state index is 13.0. The van der Waals surface area contributed by atoms with E-state index >= 15 is 0 Å². The number of hydrogen-bond donors (Lipinski definition) is 2. The minimum atomic E-state index is -1.64. The van der Waals surface area contributed by atoms with Gasteiger partial charge in [0.15, 0.2) is 5.78 Å². The summed E-state index contributed by atoms with van der Waals surface area (Å²) in [5.41, 5.74) is -1.24. The normalized spacial score (nSPS) is 22.9. The lowest BCUT2D eigenvalue weighted by molar-refractivity contribution is -0.134. The van der Waals surface area contributed by atoms with Gasteiger partial charge in [-0.1, -0.05) is 12.8 Å². The largest absolute Gasteiger partial charge is 0.497 e. The van der Waals surface area contributed by atoms with Crippen LogP contribution in [0.1, 0.15) is 42.5 Å². The lowest BCUT2D eigenvalue weighted by Crippen LogP contribution is -2.54. The average molecular weight is 362 g/mol. The van der Waals surface area contributed by atoms with E-state index in [1.54, 1.807) is 31.4 Å². The molecule has 2 atom stereocenters. The van der Waals surface area contributed by atoms with Gasteiger partial charge in [0.1, 0.15) is 11.4 Å². The second kappa shape index (κ2) is 9.14. The Hall–Kier alpha value is -1.92. The highest BCUT2D eigenvalue weighted by atomic mass is 16.5. The number of ether oxygens (including phenoxy) is 1. The Bertz CT molecular complexity index is 615. The molecule has 0 aliphatic heterocycles. The van der Waals surface area contributed by atoms with Crippen molar-refractivity contribution in [1.29, 1.82) is 0 Å². The van der Waals surface area contributed by atoms with Crippen molar-refractivity contribution < 1.29 is 19.4 Å². The van der Waals surface area contributed by atoms with Gasteiger partial charge >= 0.3 is 0 Å². The number of amides is 1. The maximum Gasteiger partial charge on any atom is 0.226 e. The summed E-state index contributed by atoms with van der Waals surface area (Å²) in [4.78, 5) is 27.7. The van der Waals surface area contributed by atoms with Crippen molar-refractivity contribution in [3.63, 3.8) is 0 Å². The fourth-order valence-corrected chi connectivity index (χ4v) is 3.50. The van der Waals surface area contributed by atoms with E-state index in [2.05, 4.69) is 10.2 Å². The molecule has 0 bridgehead atoms. The van der Waals surface area contributed by atoms with Gasteiger partial charge in [0.05, 0.1) is 13.0 Å². The predicted molar refractivity (Wildman–Crippen MR) is 100 cm³/mol. The Kier molecular flexibility index (Phi) is 7.17. The first-order valence-electron chi connectivity index (χ1n) is 9.22. The maximum atomic E-state index is 13.0. The molecule has 1 amide bonds. The molecule has 2 unspecified atom stereocenters. The van der Waals surface area contributed by atoms with Crippen molar-refractivity contribution in [1.82, 2.24) is 10.2 Å². The molecule has 26 heavy (non-hydrogen) atoms. The van der Waals surface area contributed by atoms with Crippen molar-refractivity contribution in [3.05, 3.63) is 29.8 Å². The van der Waals surface area contributed by atoms with Crippen molar-refractivity contribution in [2.45, 2.75) is 37.7 Å². The molecular weight excluding hydrogens is 332 g/mol. The molecule has 0 radical (unpaired) electrons. The van der Waals surface area contributed by atoms with Gasteiger partial charge in [0, 0.05) is 12.1 Å². The SMILES string of the molecule is COc1ccc(C(=O)C2(O)CCCCC2C(=O)NCCCN(C)C)cc1. The van der Waals surface area contributed by atoms with Crippen LogP contribution in [0.15, 0.2) is 24.3 Å². The lowest BCUT2D eigenvalue weighted by Gasteiger charge is -2.37. The second-order valence-electron chi connectivity index (χ2n) is 7.23. The molecule has 1 aliphatic carbocycles. The molecule has 1 fully saturated rings. The van der Waals surface area contributed by atoms with E-state index in [1.807, 2.05) is 14.1 Å².